The number of hydrogen-bond acceptors (Lipinski definition) is 6. The lowest BCUT2D eigenvalue weighted by Crippen LogP contribution is -2.30. The molecule has 1 unspecified atom stereocenters. The van der Waals surface area contributed by atoms with Crippen molar-refractivity contribution in [2.45, 2.75) is 297 Å². The highest BCUT2D eigenvalue weighted by Gasteiger charge is 2.19. The fourth-order valence-electron chi connectivity index (χ4n) is 8.99. The van der Waals surface area contributed by atoms with E-state index in [9.17, 15) is 14.4 Å². The Kier molecular flexibility index (Phi) is 65.4. The Morgan fingerprint density at radius 1 is 0.253 bits per heavy atom. The van der Waals surface area contributed by atoms with Crippen LogP contribution in [0.1, 0.15) is 290 Å². The third-order valence-electron chi connectivity index (χ3n) is 14.0. The van der Waals surface area contributed by atoms with E-state index in [2.05, 4.69) is 179 Å². The zero-order valence-electron chi connectivity index (χ0n) is 53.7. The van der Waals surface area contributed by atoms with Crippen LogP contribution >= 0.6 is 0 Å². The van der Waals surface area contributed by atoms with Crippen molar-refractivity contribution >= 4 is 17.9 Å². The van der Waals surface area contributed by atoms with Crippen molar-refractivity contribution in [2.75, 3.05) is 13.2 Å². The molecule has 0 heterocycles. The maximum absolute atomic E-state index is 12.9. The zero-order chi connectivity index (χ0) is 59.9. The monoisotopic (exact) mass is 1140 g/mol. The molecule has 6 heteroatoms. The summed E-state index contributed by atoms with van der Waals surface area (Å²) in [5.74, 6) is -0.984. The molecule has 468 valence electrons. The third-order valence-corrected chi connectivity index (χ3v) is 14.0. The van der Waals surface area contributed by atoms with Gasteiger partial charge in [0, 0.05) is 19.3 Å². The van der Waals surface area contributed by atoms with Crippen molar-refractivity contribution in [1.29, 1.82) is 0 Å². The highest BCUT2D eigenvalue weighted by Crippen LogP contribution is 2.16. The maximum atomic E-state index is 12.9. The van der Waals surface area contributed by atoms with Gasteiger partial charge in [0.15, 0.2) is 6.10 Å². The molecule has 0 aromatic rings. The molecule has 0 bridgehead atoms. The van der Waals surface area contributed by atoms with Crippen LogP contribution in [0.2, 0.25) is 0 Å². The van der Waals surface area contributed by atoms with Crippen LogP contribution in [0.15, 0.2) is 158 Å². The van der Waals surface area contributed by atoms with E-state index in [1.807, 2.05) is 0 Å². The lowest BCUT2D eigenvalue weighted by atomic mass is 10.0. The van der Waals surface area contributed by atoms with E-state index >= 15 is 0 Å². The molecule has 0 saturated heterocycles. The van der Waals surface area contributed by atoms with E-state index in [4.69, 9.17) is 14.2 Å². The predicted molar refractivity (Wildman–Crippen MR) is 362 cm³/mol. The van der Waals surface area contributed by atoms with Crippen molar-refractivity contribution in [2.24, 2.45) is 0 Å². The molecule has 83 heavy (non-hydrogen) atoms. The predicted octanol–water partition coefficient (Wildman–Crippen LogP) is 23.7. The van der Waals surface area contributed by atoms with Crippen LogP contribution in [-0.2, 0) is 28.6 Å². The zero-order valence-corrected chi connectivity index (χ0v) is 53.7. The first-order valence-electron chi connectivity index (χ1n) is 34.0. The Bertz CT molecular complexity index is 1840. The Hall–Kier alpha value is -4.97. The highest BCUT2D eigenvalue weighted by atomic mass is 16.6. The van der Waals surface area contributed by atoms with Crippen LogP contribution in [0.3, 0.4) is 0 Å². The molecule has 0 aliphatic heterocycles. The topological polar surface area (TPSA) is 78.9 Å². The molecule has 0 fully saturated rings. The van der Waals surface area contributed by atoms with Gasteiger partial charge in [0.05, 0.1) is 0 Å². The molecule has 0 radical (unpaired) electrons. The molecule has 0 spiro atoms. The number of allylic oxidation sites excluding steroid dienone is 26. The van der Waals surface area contributed by atoms with Gasteiger partial charge >= 0.3 is 17.9 Å². The lowest BCUT2D eigenvalue weighted by Gasteiger charge is -2.18. The summed E-state index contributed by atoms with van der Waals surface area (Å²) in [6.45, 7) is 6.30. The van der Waals surface area contributed by atoms with E-state index in [0.717, 1.165) is 148 Å². The molecule has 0 N–H and O–H groups in total. The van der Waals surface area contributed by atoms with Gasteiger partial charge in [-0.05, 0) is 135 Å². The second-order valence-corrected chi connectivity index (χ2v) is 22.0. The molecular formula is C77H124O6. The minimum absolute atomic E-state index is 0.110. The summed E-state index contributed by atoms with van der Waals surface area (Å²) in [5, 5.41) is 0. The lowest BCUT2D eigenvalue weighted by molar-refractivity contribution is -0.167. The van der Waals surface area contributed by atoms with Crippen LogP contribution in [-0.4, -0.2) is 37.2 Å². The molecule has 0 saturated carbocycles. The van der Waals surface area contributed by atoms with Crippen molar-refractivity contribution in [3.05, 3.63) is 158 Å². The smallest absolute Gasteiger partial charge is 0.306 e. The quantitative estimate of drug-likeness (QED) is 0.0261. The van der Waals surface area contributed by atoms with Gasteiger partial charge in [-0.25, -0.2) is 0 Å². The van der Waals surface area contributed by atoms with Gasteiger partial charge in [0.1, 0.15) is 13.2 Å². The minimum Gasteiger partial charge on any atom is -0.462 e. The molecule has 0 rings (SSSR count). The van der Waals surface area contributed by atoms with Crippen LogP contribution in [0.25, 0.3) is 0 Å². The number of rotatable bonds is 60. The normalized spacial score (nSPS) is 13.1. The van der Waals surface area contributed by atoms with E-state index in [1.54, 1.807) is 0 Å². The van der Waals surface area contributed by atoms with Gasteiger partial charge in [0.25, 0.3) is 0 Å². The summed E-state index contributed by atoms with van der Waals surface area (Å²) in [6, 6.07) is 0. The minimum atomic E-state index is -0.822. The van der Waals surface area contributed by atoms with Gasteiger partial charge in [-0.15, -0.1) is 0 Å². The number of ether oxygens (including phenoxy) is 3. The van der Waals surface area contributed by atoms with E-state index < -0.39 is 6.10 Å². The number of carbonyl (C=O) groups excluding carboxylic acids is 3. The summed E-state index contributed by atoms with van der Waals surface area (Å²) >= 11 is 0. The van der Waals surface area contributed by atoms with Gasteiger partial charge < -0.3 is 14.2 Å². The average Bonchev–Trinajstić information content (AvgIpc) is 3.49. The van der Waals surface area contributed by atoms with Crippen molar-refractivity contribution in [1.82, 2.24) is 0 Å². The van der Waals surface area contributed by atoms with Crippen molar-refractivity contribution in [3.63, 3.8) is 0 Å². The van der Waals surface area contributed by atoms with Crippen molar-refractivity contribution < 1.29 is 28.6 Å². The van der Waals surface area contributed by atoms with Gasteiger partial charge in [-0.2, -0.15) is 0 Å². The fraction of sp³-hybridized carbons (Fsp3) is 0.623. The van der Waals surface area contributed by atoms with Crippen LogP contribution in [0, 0.1) is 0 Å². The molecule has 1 atom stereocenters. The Morgan fingerprint density at radius 2 is 0.482 bits per heavy atom. The Morgan fingerprint density at radius 3 is 0.771 bits per heavy atom. The summed E-state index contributed by atoms with van der Waals surface area (Å²) in [7, 11) is 0. The number of carbonyl (C=O) groups is 3. The van der Waals surface area contributed by atoms with Crippen LogP contribution in [0.4, 0.5) is 0 Å². The summed E-state index contributed by atoms with van der Waals surface area (Å²) in [6.07, 6.45) is 101. The number of hydrogen-bond donors (Lipinski definition) is 0. The van der Waals surface area contributed by atoms with Crippen molar-refractivity contribution in [3.8, 4) is 0 Å². The van der Waals surface area contributed by atoms with Gasteiger partial charge in [0.2, 0.25) is 0 Å². The van der Waals surface area contributed by atoms with E-state index in [-0.39, 0.29) is 37.5 Å². The highest BCUT2D eigenvalue weighted by molar-refractivity contribution is 5.71. The number of unbranched alkanes of at least 4 members (excludes halogenated alkanes) is 23. The fourth-order valence-corrected chi connectivity index (χ4v) is 8.99. The van der Waals surface area contributed by atoms with E-state index in [1.165, 1.54) is 96.3 Å². The molecule has 6 nitrogen and oxygen atoms in total. The Labute approximate surface area is 511 Å². The first kappa shape index (κ1) is 78.0. The Balaban J connectivity index is 4.37. The molecular weight excluding hydrogens is 1020 g/mol. The molecule has 0 aliphatic carbocycles. The van der Waals surface area contributed by atoms with Gasteiger partial charge in [-0.1, -0.05) is 294 Å². The summed E-state index contributed by atoms with van der Waals surface area (Å²) < 4.78 is 16.9. The average molecular weight is 1150 g/mol. The van der Waals surface area contributed by atoms with Crippen LogP contribution in [0.5, 0.6) is 0 Å². The second kappa shape index (κ2) is 69.5. The summed E-state index contributed by atoms with van der Waals surface area (Å²) in [4.78, 5) is 38.4. The number of esters is 3. The first-order valence-corrected chi connectivity index (χ1v) is 34.0. The molecule has 0 aromatic heterocycles. The van der Waals surface area contributed by atoms with Crippen LogP contribution < -0.4 is 0 Å². The molecule has 0 aliphatic rings. The van der Waals surface area contributed by atoms with E-state index in [0.29, 0.717) is 19.3 Å². The SMILES string of the molecule is CC/C=C\C/C=C\C/C=C\C/C=C\C/C=C\C/C=C\C/C=C\CCCC(=O)OC(COC(=O)CCCCCCC/C=C\C/C=C\CCC)COC(=O)CCCCCCCCCCCCCCCCCC/C=C\C/C=C\C/C=C\C/C=C\CC. The maximum Gasteiger partial charge on any atom is 0.306 e. The van der Waals surface area contributed by atoms with Gasteiger partial charge in [-0.3, -0.25) is 14.4 Å². The standard InChI is InChI=1S/C77H124O6/c1-4-7-10-13-16-19-22-25-27-29-31-33-35-36-37-38-39-40-42-43-45-47-49-52-55-58-61-64-67-70-76(79)82-73-74(72-81-75(78)69-66-63-60-57-54-51-24-21-18-15-12-9-6-3)83-77(80)71-68-65-62-59-56-53-50-48-46-44-41-34-32-30-28-26-23-20-17-14-11-8-5-2/h7-8,10-12,15-17,19-21,24-28,31-34,44,46,50,53,59,62,74H,4-6,9,13-14,18,22-23,29-30,35-43,45,47-49,51-52,54-58,60-61,63-73H2,1-3H3/b10-7-,11-8-,15-12-,19-16-,20-17-,24-21-,27-25-,28-26-,33-31-,34-32-,46-44-,53-50-,62-59-. The summed E-state index contributed by atoms with van der Waals surface area (Å²) in [5.41, 5.74) is 0. The second-order valence-electron chi connectivity index (χ2n) is 22.0. The molecule has 0 amide bonds. The first-order chi connectivity index (χ1) is 41.0. The molecule has 0 aromatic carbocycles. The third kappa shape index (κ3) is 67.7. The largest absolute Gasteiger partial charge is 0.462 e.